The Labute approximate surface area is 161 Å². The smallest absolute Gasteiger partial charge is 0.251 e. The van der Waals surface area contributed by atoms with Gasteiger partial charge in [0.1, 0.15) is 17.6 Å². The summed E-state index contributed by atoms with van der Waals surface area (Å²) in [7, 11) is 3.35. The molecular weight excluding hydrogens is 344 g/mol. The van der Waals surface area contributed by atoms with Gasteiger partial charge in [0.15, 0.2) is 0 Å². The number of carbonyl (C=O) groups is 1. The van der Waals surface area contributed by atoms with E-state index in [1.54, 1.807) is 14.2 Å². The zero-order valence-electron chi connectivity index (χ0n) is 16.5. The van der Waals surface area contributed by atoms with Gasteiger partial charge in [0.2, 0.25) is 0 Å². The lowest BCUT2D eigenvalue weighted by atomic mass is 9.90. The maximum Gasteiger partial charge on any atom is 0.251 e. The van der Waals surface area contributed by atoms with Gasteiger partial charge >= 0.3 is 0 Å². The summed E-state index contributed by atoms with van der Waals surface area (Å²) >= 11 is 0. The van der Waals surface area contributed by atoms with Crippen LogP contribution in [0, 0.1) is 5.92 Å². The van der Waals surface area contributed by atoms with Gasteiger partial charge in [-0.25, -0.2) is 0 Å². The van der Waals surface area contributed by atoms with Gasteiger partial charge in [-0.1, -0.05) is 0 Å². The fourth-order valence-electron chi connectivity index (χ4n) is 4.09. The van der Waals surface area contributed by atoms with Gasteiger partial charge in [-0.2, -0.15) is 0 Å². The Morgan fingerprint density at radius 3 is 2.33 bits per heavy atom. The maximum absolute atomic E-state index is 12.6. The number of rotatable bonds is 7. The Kier molecular flexibility index (Phi) is 6.96. The first-order valence-electron chi connectivity index (χ1n) is 9.99. The van der Waals surface area contributed by atoms with Crippen molar-refractivity contribution < 1.29 is 19.0 Å². The standard InChI is InChI=1S/C21H32N2O4/c1-25-18-11-16(12-19(13-18)26-2)4-3-15-7-9-23(10-8-15)21(24)20-6-5-17(14-22)27-20/h11-13,15,17,20H,3-10,14,22H2,1-2H3/t17-,20+/m1/s1. The van der Waals surface area contributed by atoms with E-state index < -0.39 is 0 Å². The van der Waals surface area contributed by atoms with E-state index in [9.17, 15) is 4.79 Å². The number of aryl methyl sites for hydroxylation is 1. The van der Waals surface area contributed by atoms with Crippen molar-refractivity contribution >= 4 is 5.91 Å². The lowest BCUT2D eigenvalue weighted by Gasteiger charge is -2.33. The second-order valence-electron chi connectivity index (χ2n) is 7.59. The van der Waals surface area contributed by atoms with Crippen LogP contribution in [0.1, 0.15) is 37.7 Å². The van der Waals surface area contributed by atoms with Crippen molar-refractivity contribution in [2.24, 2.45) is 11.7 Å². The Balaban J connectivity index is 1.45. The van der Waals surface area contributed by atoms with Gasteiger partial charge in [0, 0.05) is 25.7 Å². The minimum absolute atomic E-state index is 0.0522. The minimum Gasteiger partial charge on any atom is -0.497 e. The van der Waals surface area contributed by atoms with Crippen molar-refractivity contribution in [3.63, 3.8) is 0 Å². The Morgan fingerprint density at radius 2 is 1.78 bits per heavy atom. The molecule has 2 aliphatic rings. The summed E-state index contributed by atoms with van der Waals surface area (Å²) in [5.74, 6) is 2.46. The molecule has 0 bridgehead atoms. The molecule has 6 heteroatoms. The number of carbonyl (C=O) groups excluding carboxylic acids is 1. The zero-order valence-corrected chi connectivity index (χ0v) is 16.5. The molecule has 1 aromatic carbocycles. The fraction of sp³-hybridized carbons (Fsp3) is 0.667. The molecule has 27 heavy (non-hydrogen) atoms. The zero-order chi connectivity index (χ0) is 19.2. The molecule has 0 saturated carbocycles. The number of amides is 1. The van der Waals surface area contributed by atoms with Crippen LogP contribution in [-0.2, 0) is 16.0 Å². The Morgan fingerprint density at radius 1 is 1.11 bits per heavy atom. The molecule has 0 unspecified atom stereocenters. The lowest BCUT2D eigenvalue weighted by molar-refractivity contribution is -0.144. The molecule has 3 rings (SSSR count). The van der Waals surface area contributed by atoms with E-state index in [0.717, 1.165) is 63.1 Å². The predicted octanol–water partition coefficient (Wildman–Crippen LogP) is 2.38. The number of likely N-dealkylation sites (tertiary alicyclic amines) is 1. The van der Waals surface area contributed by atoms with Gasteiger partial charge in [-0.3, -0.25) is 4.79 Å². The summed E-state index contributed by atoms with van der Waals surface area (Å²) in [6.45, 7) is 2.16. The van der Waals surface area contributed by atoms with Crippen molar-refractivity contribution in [2.75, 3.05) is 33.9 Å². The van der Waals surface area contributed by atoms with E-state index in [-0.39, 0.29) is 18.1 Å². The summed E-state index contributed by atoms with van der Waals surface area (Å²) < 4.78 is 16.5. The summed E-state index contributed by atoms with van der Waals surface area (Å²) in [6, 6.07) is 6.05. The highest BCUT2D eigenvalue weighted by atomic mass is 16.5. The van der Waals surface area contributed by atoms with Crippen molar-refractivity contribution in [1.82, 2.24) is 4.90 Å². The van der Waals surface area contributed by atoms with Crippen molar-refractivity contribution in [3.8, 4) is 11.5 Å². The van der Waals surface area contributed by atoms with E-state index >= 15 is 0 Å². The largest absolute Gasteiger partial charge is 0.497 e. The average molecular weight is 376 g/mol. The second-order valence-corrected chi connectivity index (χ2v) is 7.59. The average Bonchev–Trinajstić information content (AvgIpc) is 3.21. The topological polar surface area (TPSA) is 74.0 Å². The van der Waals surface area contributed by atoms with E-state index in [4.69, 9.17) is 19.9 Å². The number of hydrogen-bond donors (Lipinski definition) is 1. The van der Waals surface area contributed by atoms with Crippen LogP contribution in [0.4, 0.5) is 0 Å². The number of nitrogens with two attached hydrogens (primary N) is 1. The van der Waals surface area contributed by atoms with Crippen LogP contribution in [0.5, 0.6) is 11.5 Å². The summed E-state index contributed by atoms with van der Waals surface area (Å²) in [6.07, 6.45) is 5.70. The molecule has 0 aliphatic carbocycles. The predicted molar refractivity (Wildman–Crippen MR) is 104 cm³/mol. The first-order chi connectivity index (χ1) is 13.1. The second kappa shape index (κ2) is 9.42. The van der Waals surface area contributed by atoms with E-state index in [1.165, 1.54) is 5.56 Å². The molecule has 0 spiro atoms. The monoisotopic (exact) mass is 376 g/mol. The Hall–Kier alpha value is -1.79. The highest BCUT2D eigenvalue weighted by molar-refractivity contribution is 5.81. The van der Waals surface area contributed by atoms with E-state index in [0.29, 0.717) is 12.5 Å². The third kappa shape index (κ3) is 5.14. The van der Waals surface area contributed by atoms with Crippen LogP contribution in [-0.4, -0.2) is 56.9 Å². The van der Waals surface area contributed by atoms with Gasteiger partial charge in [-0.15, -0.1) is 0 Å². The summed E-state index contributed by atoms with van der Waals surface area (Å²) in [4.78, 5) is 14.6. The third-order valence-electron chi connectivity index (χ3n) is 5.82. The molecule has 0 aromatic heterocycles. The van der Waals surface area contributed by atoms with Crippen LogP contribution in [0.2, 0.25) is 0 Å². The molecular formula is C21H32N2O4. The molecule has 2 heterocycles. The quantitative estimate of drug-likeness (QED) is 0.791. The number of benzene rings is 1. The molecule has 1 aromatic rings. The normalized spacial score (nSPS) is 23.4. The molecule has 150 valence electrons. The van der Waals surface area contributed by atoms with Gasteiger partial charge < -0.3 is 24.8 Å². The molecule has 2 fully saturated rings. The molecule has 2 atom stereocenters. The first-order valence-corrected chi connectivity index (χ1v) is 9.99. The van der Waals surface area contributed by atoms with Gasteiger partial charge in [0.05, 0.1) is 20.3 Å². The number of ether oxygens (including phenoxy) is 3. The molecule has 0 radical (unpaired) electrons. The Bertz CT molecular complexity index is 606. The van der Waals surface area contributed by atoms with Crippen LogP contribution in [0.3, 0.4) is 0 Å². The first kappa shape index (κ1) is 20.0. The van der Waals surface area contributed by atoms with Crippen LogP contribution >= 0.6 is 0 Å². The van der Waals surface area contributed by atoms with Gasteiger partial charge in [-0.05, 0) is 62.1 Å². The number of hydrogen-bond acceptors (Lipinski definition) is 5. The molecule has 2 N–H and O–H groups in total. The van der Waals surface area contributed by atoms with E-state index in [1.807, 2.05) is 11.0 Å². The van der Waals surface area contributed by atoms with Crippen LogP contribution in [0.15, 0.2) is 18.2 Å². The fourth-order valence-corrected chi connectivity index (χ4v) is 4.09. The minimum atomic E-state index is -0.278. The van der Waals surface area contributed by atoms with Crippen LogP contribution in [0.25, 0.3) is 0 Å². The highest BCUT2D eigenvalue weighted by Crippen LogP contribution is 2.28. The van der Waals surface area contributed by atoms with Crippen LogP contribution < -0.4 is 15.2 Å². The van der Waals surface area contributed by atoms with Crippen molar-refractivity contribution in [1.29, 1.82) is 0 Å². The number of nitrogens with zero attached hydrogens (tertiary/aromatic N) is 1. The molecule has 6 nitrogen and oxygen atoms in total. The highest BCUT2D eigenvalue weighted by Gasteiger charge is 2.34. The third-order valence-corrected chi connectivity index (χ3v) is 5.82. The van der Waals surface area contributed by atoms with Crippen molar-refractivity contribution in [3.05, 3.63) is 23.8 Å². The molecule has 1 amide bonds. The molecule has 2 saturated heterocycles. The van der Waals surface area contributed by atoms with Crippen molar-refractivity contribution in [2.45, 2.75) is 50.7 Å². The molecule has 2 aliphatic heterocycles. The SMILES string of the molecule is COc1cc(CCC2CCN(C(=O)[C@@H]3CC[C@H](CN)O3)CC2)cc(OC)c1. The number of piperidine rings is 1. The van der Waals surface area contributed by atoms with E-state index in [2.05, 4.69) is 12.1 Å². The number of methoxy groups -OCH3 is 2. The summed E-state index contributed by atoms with van der Waals surface area (Å²) in [5.41, 5.74) is 6.88. The lowest BCUT2D eigenvalue weighted by Crippen LogP contribution is -2.44. The summed E-state index contributed by atoms with van der Waals surface area (Å²) in [5, 5.41) is 0. The maximum atomic E-state index is 12.6. The van der Waals surface area contributed by atoms with Gasteiger partial charge in [0.25, 0.3) is 5.91 Å².